The van der Waals surface area contributed by atoms with Gasteiger partial charge in [-0.3, -0.25) is 4.79 Å². The number of aliphatic carboxylic acids is 1. The van der Waals surface area contributed by atoms with E-state index in [2.05, 4.69) is 6.92 Å². The number of unbranched alkanes of at least 4 members (excludes halogenated alkanes) is 8. The third-order valence-corrected chi connectivity index (χ3v) is 2.49. The molecule has 0 fully saturated rings. The predicted octanol–water partition coefficient (Wildman–Crippen LogP) is 3.61. The standard InChI is InChI=1S/C12H24O2.Mg/c1-2-3-4-5-6-7-8-9-10-11-12(13)14;/h2-11H2,1H3,(H,13,14);. The quantitative estimate of drug-likeness (QED) is 0.455. The Bertz CT molecular complexity index is 138. The van der Waals surface area contributed by atoms with Gasteiger partial charge in [0.1, 0.15) is 0 Å². The molecule has 0 spiro atoms. The zero-order chi connectivity index (χ0) is 10.6. The van der Waals surface area contributed by atoms with Crippen LogP contribution in [-0.2, 0) is 4.79 Å². The van der Waals surface area contributed by atoms with E-state index in [0.29, 0.717) is 6.42 Å². The lowest BCUT2D eigenvalue weighted by molar-refractivity contribution is -0.137. The molecular formula is C12H24MgO2. The fraction of sp³-hybridized carbons (Fsp3) is 0.917. The van der Waals surface area contributed by atoms with E-state index < -0.39 is 5.97 Å². The topological polar surface area (TPSA) is 37.3 Å². The monoisotopic (exact) mass is 224 g/mol. The summed E-state index contributed by atoms with van der Waals surface area (Å²) in [4.78, 5) is 10.2. The Morgan fingerprint density at radius 1 is 0.867 bits per heavy atom. The van der Waals surface area contributed by atoms with E-state index in [1.54, 1.807) is 0 Å². The first-order valence-electron chi connectivity index (χ1n) is 5.99. The molecule has 0 rings (SSSR count). The van der Waals surface area contributed by atoms with E-state index in [1.807, 2.05) is 0 Å². The van der Waals surface area contributed by atoms with Crippen LogP contribution in [0.15, 0.2) is 0 Å². The summed E-state index contributed by atoms with van der Waals surface area (Å²) in [6.07, 6.45) is 11.5. The Hall–Kier alpha value is 0.236. The number of carbonyl (C=O) groups is 1. The second-order valence-corrected chi connectivity index (χ2v) is 3.97. The second-order valence-electron chi connectivity index (χ2n) is 3.97. The molecule has 0 heterocycles. The number of carboxylic acids is 1. The second kappa shape index (κ2) is 14.2. The summed E-state index contributed by atoms with van der Waals surface area (Å²) in [5, 5.41) is 8.41. The Morgan fingerprint density at radius 2 is 1.27 bits per heavy atom. The van der Waals surface area contributed by atoms with Crippen LogP contribution >= 0.6 is 0 Å². The van der Waals surface area contributed by atoms with Crippen LogP contribution in [0.1, 0.15) is 71.1 Å². The summed E-state index contributed by atoms with van der Waals surface area (Å²) in [7, 11) is 0. The third kappa shape index (κ3) is 16.9. The molecule has 86 valence electrons. The predicted molar refractivity (Wildman–Crippen MR) is 65.2 cm³/mol. The summed E-state index contributed by atoms with van der Waals surface area (Å²) in [6.45, 7) is 2.23. The molecule has 2 nitrogen and oxygen atoms in total. The van der Waals surface area contributed by atoms with Gasteiger partial charge in [0.2, 0.25) is 0 Å². The third-order valence-electron chi connectivity index (χ3n) is 2.49. The van der Waals surface area contributed by atoms with Crippen molar-refractivity contribution in [1.82, 2.24) is 0 Å². The molecule has 0 aromatic rings. The minimum Gasteiger partial charge on any atom is -0.481 e. The summed E-state index contributed by atoms with van der Waals surface area (Å²) >= 11 is 0. The molecule has 0 aliphatic carbocycles. The molecule has 0 saturated heterocycles. The minimum absolute atomic E-state index is 0. The van der Waals surface area contributed by atoms with Crippen LogP contribution in [0.3, 0.4) is 0 Å². The van der Waals surface area contributed by atoms with Gasteiger partial charge in [-0.15, -0.1) is 0 Å². The SMILES string of the molecule is CCCCCCCCCCCC(=O)O.[Mg]. The molecule has 3 heteroatoms. The fourth-order valence-electron chi connectivity index (χ4n) is 1.59. The highest BCUT2D eigenvalue weighted by atomic mass is 24.3. The lowest BCUT2D eigenvalue weighted by Gasteiger charge is -2.00. The van der Waals surface area contributed by atoms with Crippen molar-refractivity contribution in [2.45, 2.75) is 71.1 Å². The highest BCUT2D eigenvalue weighted by Gasteiger charge is 1.96. The van der Waals surface area contributed by atoms with Gasteiger partial charge in [0, 0.05) is 29.5 Å². The summed E-state index contributed by atoms with van der Waals surface area (Å²) in [6, 6.07) is 0. The van der Waals surface area contributed by atoms with Crippen molar-refractivity contribution < 1.29 is 9.90 Å². The van der Waals surface area contributed by atoms with E-state index in [0.717, 1.165) is 12.8 Å². The Morgan fingerprint density at radius 3 is 1.67 bits per heavy atom. The van der Waals surface area contributed by atoms with Gasteiger partial charge in [-0.1, -0.05) is 58.3 Å². The molecule has 2 radical (unpaired) electrons. The van der Waals surface area contributed by atoms with Crippen LogP contribution in [0.4, 0.5) is 0 Å². The molecule has 1 N–H and O–H groups in total. The van der Waals surface area contributed by atoms with Crippen molar-refractivity contribution in [3.63, 3.8) is 0 Å². The van der Waals surface area contributed by atoms with Crippen LogP contribution in [0.5, 0.6) is 0 Å². The van der Waals surface area contributed by atoms with Gasteiger partial charge in [0.05, 0.1) is 0 Å². The Labute approximate surface area is 110 Å². The molecule has 0 bridgehead atoms. The van der Waals surface area contributed by atoms with E-state index in [-0.39, 0.29) is 23.1 Å². The van der Waals surface area contributed by atoms with Crippen LogP contribution in [0.2, 0.25) is 0 Å². The molecule has 0 aliphatic heterocycles. The van der Waals surface area contributed by atoms with E-state index in [4.69, 9.17) is 5.11 Å². The van der Waals surface area contributed by atoms with Gasteiger partial charge in [-0.2, -0.15) is 0 Å². The molecule has 15 heavy (non-hydrogen) atoms. The summed E-state index contributed by atoms with van der Waals surface area (Å²) < 4.78 is 0. The molecule has 0 aromatic carbocycles. The van der Waals surface area contributed by atoms with Crippen molar-refractivity contribution in [3.05, 3.63) is 0 Å². The maximum atomic E-state index is 10.2. The highest BCUT2D eigenvalue weighted by molar-refractivity contribution is 5.75. The largest absolute Gasteiger partial charge is 0.481 e. The molecule has 0 saturated carbocycles. The van der Waals surface area contributed by atoms with Gasteiger partial charge < -0.3 is 5.11 Å². The number of rotatable bonds is 10. The summed E-state index contributed by atoms with van der Waals surface area (Å²) in [5.41, 5.74) is 0. The lowest BCUT2D eigenvalue weighted by atomic mass is 10.1. The van der Waals surface area contributed by atoms with E-state index >= 15 is 0 Å². The maximum absolute atomic E-state index is 10.2. The van der Waals surface area contributed by atoms with Gasteiger partial charge in [0.25, 0.3) is 0 Å². The number of hydrogen-bond donors (Lipinski definition) is 1. The fourth-order valence-corrected chi connectivity index (χ4v) is 1.59. The van der Waals surface area contributed by atoms with Crippen molar-refractivity contribution in [3.8, 4) is 0 Å². The Balaban J connectivity index is 0. The lowest BCUT2D eigenvalue weighted by Crippen LogP contribution is -1.93. The van der Waals surface area contributed by atoms with E-state index in [9.17, 15) is 4.79 Å². The van der Waals surface area contributed by atoms with Crippen LogP contribution in [0, 0.1) is 0 Å². The van der Waals surface area contributed by atoms with Gasteiger partial charge >= 0.3 is 5.97 Å². The average Bonchev–Trinajstić information content (AvgIpc) is 2.15. The number of hydrogen-bond acceptors (Lipinski definition) is 1. The zero-order valence-electron chi connectivity index (χ0n) is 10.1. The molecule has 0 aromatic heterocycles. The van der Waals surface area contributed by atoms with Crippen molar-refractivity contribution in [2.75, 3.05) is 0 Å². The molecular weight excluding hydrogens is 200 g/mol. The Kier molecular flexibility index (Phi) is 16.7. The first-order valence-corrected chi connectivity index (χ1v) is 5.99. The highest BCUT2D eigenvalue weighted by Crippen LogP contribution is 2.10. The first-order chi connectivity index (χ1) is 6.77. The summed E-state index contributed by atoms with van der Waals surface area (Å²) in [5.74, 6) is -0.659. The van der Waals surface area contributed by atoms with Crippen LogP contribution in [0.25, 0.3) is 0 Å². The van der Waals surface area contributed by atoms with Crippen molar-refractivity contribution in [2.24, 2.45) is 0 Å². The van der Waals surface area contributed by atoms with Crippen molar-refractivity contribution >= 4 is 29.0 Å². The van der Waals surface area contributed by atoms with Gasteiger partial charge in [0.15, 0.2) is 0 Å². The van der Waals surface area contributed by atoms with Gasteiger partial charge in [-0.25, -0.2) is 0 Å². The molecule has 0 unspecified atom stereocenters. The zero-order valence-corrected chi connectivity index (χ0v) is 11.5. The van der Waals surface area contributed by atoms with E-state index in [1.165, 1.54) is 44.9 Å². The number of carboxylic acid groups (broad SMARTS) is 1. The molecule has 0 amide bonds. The maximum Gasteiger partial charge on any atom is 0.303 e. The molecule has 0 aliphatic rings. The average molecular weight is 225 g/mol. The minimum atomic E-state index is -0.659. The normalized spacial score (nSPS) is 9.67. The van der Waals surface area contributed by atoms with Crippen LogP contribution < -0.4 is 0 Å². The smallest absolute Gasteiger partial charge is 0.303 e. The van der Waals surface area contributed by atoms with Crippen LogP contribution in [-0.4, -0.2) is 34.1 Å². The molecule has 0 atom stereocenters. The van der Waals surface area contributed by atoms with Crippen molar-refractivity contribution in [1.29, 1.82) is 0 Å². The first kappa shape index (κ1) is 17.6. The van der Waals surface area contributed by atoms with Gasteiger partial charge in [-0.05, 0) is 6.42 Å².